The van der Waals surface area contributed by atoms with Gasteiger partial charge in [0.15, 0.2) is 0 Å². The van der Waals surface area contributed by atoms with Gasteiger partial charge >= 0.3 is 0 Å². The number of ether oxygens (including phenoxy) is 2. The number of aryl methyl sites for hydroxylation is 2. The molecule has 0 amide bonds. The van der Waals surface area contributed by atoms with Gasteiger partial charge in [-0.15, -0.1) is 0 Å². The van der Waals surface area contributed by atoms with Crippen LogP contribution in [0.1, 0.15) is 16.7 Å². The second-order valence-corrected chi connectivity index (χ2v) is 5.63. The minimum Gasteiger partial charge on any atom is -0.496 e. The van der Waals surface area contributed by atoms with E-state index in [1.165, 1.54) is 0 Å². The number of hydrogen-bond donors (Lipinski definition) is 1. The monoisotopic (exact) mass is 335 g/mol. The van der Waals surface area contributed by atoms with Gasteiger partial charge in [-0.25, -0.2) is 0 Å². The van der Waals surface area contributed by atoms with Gasteiger partial charge in [-0.3, -0.25) is 0 Å². The summed E-state index contributed by atoms with van der Waals surface area (Å²) in [5.41, 5.74) is 9.71. The molecular formula is C16H18BrNO2. The fraction of sp³-hybridized carbons (Fsp3) is 0.250. The molecular weight excluding hydrogens is 318 g/mol. The van der Waals surface area contributed by atoms with E-state index in [2.05, 4.69) is 15.9 Å². The number of nitrogen functional groups attached to an aromatic ring is 1. The fourth-order valence-electron chi connectivity index (χ4n) is 1.98. The third-order valence-electron chi connectivity index (χ3n) is 3.19. The van der Waals surface area contributed by atoms with Crippen molar-refractivity contribution in [3.63, 3.8) is 0 Å². The lowest BCUT2D eigenvalue weighted by Gasteiger charge is -2.14. The molecule has 2 N–H and O–H groups in total. The Hall–Kier alpha value is -1.68. The molecule has 0 aliphatic heterocycles. The Labute approximate surface area is 127 Å². The minimum atomic E-state index is 0.451. The van der Waals surface area contributed by atoms with Crippen molar-refractivity contribution in [2.75, 3.05) is 12.8 Å². The van der Waals surface area contributed by atoms with E-state index in [4.69, 9.17) is 15.2 Å². The molecule has 0 radical (unpaired) electrons. The van der Waals surface area contributed by atoms with Crippen LogP contribution in [0, 0.1) is 13.8 Å². The maximum absolute atomic E-state index is 5.90. The summed E-state index contributed by atoms with van der Waals surface area (Å²) in [6.07, 6.45) is 0. The molecule has 20 heavy (non-hydrogen) atoms. The minimum absolute atomic E-state index is 0.451. The first-order chi connectivity index (χ1) is 9.51. The molecule has 4 heteroatoms. The Bertz CT molecular complexity index is 626. The van der Waals surface area contributed by atoms with Gasteiger partial charge in [0.1, 0.15) is 18.1 Å². The molecule has 0 saturated heterocycles. The number of hydrogen-bond acceptors (Lipinski definition) is 3. The largest absolute Gasteiger partial charge is 0.496 e. The highest BCUT2D eigenvalue weighted by Gasteiger charge is 2.07. The Morgan fingerprint density at radius 3 is 2.50 bits per heavy atom. The molecule has 0 spiro atoms. The normalized spacial score (nSPS) is 10.4. The van der Waals surface area contributed by atoms with Gasteiger partial charge in [0.05, 0.1) is 7.11 Å². The third kappa shape index (κ3) is 3.25. The molecule has 0 aliphatic carbocycles. The highest BCUT2D eigenvalue weighted by atomic mass is 79.9. The van der Waals surface area contributed by atoms with Crippen LogP contribution in [0.3, 0.4) is 0 Å². The summed E-state index contributed by atoms with van der Waals surface area (Å²) in [6.45, 7) is 4.41. The molecule has 0 aromatic heterocycles. The summed E-state index contributed by atoms with van der Waals surface area (Å²) in [4.78, 5) is 0. The van der Waals surface area contributed by atoms with E-state index in [-0.39, 0.29) is 0 Å². The molecule has 0 fully saturated rings. The van der Waals surface area contributed by atoms with Gasteiger partial charge in [0.2, 0.25) is 0 Å². The van der Waals surface area contributed by atoms with Crippen LogP contribution in [-0.2, 0) is 6.61 Å². The molecule has 106 valence electrons. The maximum Gasteiger partial charge on any atom is 0.125 e. The highest BCUT2D eigenvalue weighted by molar-refractivity contribution is 9.10. The van der Waals surface area contributed by atoms with Crippen LogP contribution in [0.15, 0.2) is 34.8 Å². The zero-order chi connectivity index (χ0) is 14.7. The quantitative estimate of drug-likeness (QED) is 0.850. The molecule has 0 saturated carbocycles. The van der Waals surface area contributed by atoms with E-state index >= 15 is 0 Å². The topological polar surface area (TPSA) is 44.5 Å². The second-order valence-electron chi connectivity index (χ2n) is 4.72. The molecule has 3 nitrogen and oxygen atoms in total. The van der Waals surface area contributed by atoms with Gasteiger partial charge in [-0.1, -0.05) is 15.9 Å². The Morgan fingerprint density at radius 1 is 1.05 bits per heavy atom. The summed E-state index contributed by atoms with van der Waals surface area (Å²) in [5.74, 6) is 1.66. The van der Waals surface area contributed by atoms with Gasteiger partial charge in [-0.2, -0.15) is 0 Å². The van der Waals surface area contributed by atoms with Crippen molar-refractivity contribution >= 4 is 21.6 Å². The first kappa shape index (κ1) is 14.7. The lowest BCUT2D eigenvalue weighted by atomic mass is 10.1. The molecule has 0 heterocycles. The lowest BCUT2D eigenvalue weighted by Crippen LogP contribution is -2.01. The van der Waals surface area contributed by atoms with Crippen LogP contribution >= 0.6 is 15.9 Å². The van der Waals surface area contributed by atoms with Crippen LogP contribution in [0.5, 0.6) is 11.5 Å². The van der Waals surface area contributed by atoms with Gasteiger partial charge in [0, 0.05) is 15.7 Å². The molecule has 2 rings (SSSR count). The molecule has 0 unspecified atom stereocenters. The number of rotatable bonds is 4. The van der Waals surface area contributed by atoms with Crippen molar-refractivity contribution < 1.29 is 9.47 Å². The van der Waals surface area contributed by atoms with Gasteiger partial charge in [-0.05, 0) is 55.3 Å². The third-order valence-corrected chi connectivity index (χ3v) is 3.68. The summed E-state index contributed by atoms with van der Waals surface area (Å²) in [7, 11) is 1.66. The molecule has 0 aliphatic rings. The zero-order valence-corrected chi connectivity index (χ0v) is 13.5. The summed E-state index contributed by atoms with van der Waals surface area (Å²) < 4.78 is 12.2. The number of benzene rings is 2. The number of halogens is 1. The van der Waals surface area contributed by atoms with E-state index in [1.54, 1.807) is 7.11 Å². The van der Waals surface area contributed by atoms with Crippen LogP contribution in [0.2, 0.25) is 0 Å². The van der Waals surface area contributed by atoms with Gasteiger partial charge < -0.3 is 15.2 Å². The van der Waals surface area contributed by atoms with E-state index < -0.39 is 0 Å². The summed E-state index contributed by atoms with van der Waals surface area (Å²) in [6, 6.07) is 9.76. The second kappa shape index (κ2) is 6.18. The smallest absolute Gasteiger partial charge is 0.125 e. The highest BCUT2D eigenvalue weighted by Crippen LogP contribution is 2.28. The van der Waals surface area contributed by atoms with Crippen molar-refractivity contribution in [3.05, 3.63) is 51.5 Å². The zero-order valence-electron chi connectivity index (χ0n) is 11.9. The summed E-state index contributed by atoms with van der Waals surface area (Å²) >= 11 is 3.46. The van der Waals surface area contributed by atoms with Crippen molar-refractivity contribution in [3.8, 4) is 11.5 Å². The average molecular weight is 336 g/mol. The van der Waals surface area contributed by atoms with Crippen molar-refractivity contribution in [2.45, 2.75) is 20.5 Å². The molecule has 2 aromatic carbocycles. The van der Waals surface area contributed by atoms with Crippen molar-refractivity contribution in [2.24, 2.45) is 0 Å². The molecule has 0 bridgehead atoms. The maximum atomic E-state index is 5.90. The van der Waals surface area contributed by atoms with Gasteiger partial charge in [0.25, 0.3) is 0 Å². The first-order valence-electron chi connectivity index (χ1n) is 6.33. The van der Waals surface area contributed by atoms with Crippen molar-refractivity contribution in [1.29, 1.82) is 0 Å². The van der Waals surface area contributed by atoms with Crippen LogP contribution in [0.25, 0.3) is 0 Å². The molecule has 2 aromatic rings. The van der Waals surface area contributed by atoms with Crippen LogP contribution in [0.4, 0.5) is 5.69 Å². The van der Waals surface area contributed by atoms with E-state index in [9.17, 15) is 0 Å². The summed E-state index contributed by atoms with van der Waals surface area (Å²) in [5, 5.41) is 0. The predicted molar refractivity (Wildman–Crippen MR) is 85.4 cm³/mol. The van der Waals surface area contributed by atoms with Crippen LogP contribution < -0.4 is 15.2 Å². The predicted octanol–water partition coefficient (Wildman–Crippen LogP) is 4.24. The first-order valence-corrected chi connectivity index (χ1v) is 7.12. The Morgan fingerprint density at radius 2 is 1.80 bits per heavy atom. The Kier molecular flexibility index (Phi) is 4.55. The van der Waals surface area contributed by atoms with E-state index in [0.29, 0.717) is 6.61 Å². The Balaban J connectivity index is 2.21. The van der Waals surface area contributed by atoms with Crippen LogP contribution in [-0.4, -0.2) is 7.11 Å². The molecule has 0 atom stereocenters. The number of anilines is 1. The SMILES string of the molecule is COc1ccc(Br)cc1COc1cc(C)c(N)cc1C. The van der Waals surface area contributed by atoms with Crippen molar-refractivity contribution in [1.82, 2.24) is 0 Å². The number of methoxy groups -OCH3 is 1. The average Bonchev–Trinajstić information content (AvgIpc) is 2.41. The fourth-order valence-corrected chi connectivity index (χ4v) is 2.39. The van der Waals surface area contributed by atoms with E-state index in [0.717, 1.165) is 38.3 Å². The van der Waals surface area contributed by atoms with E-state index in [1.807, 2.05) is 44.2 Å². The number of nitrogens with two attached hydrogens (primary N) is 1. The standard InChI is InChI=1S/C16H18BrNO2/c1-10-7-16(11(2)6-14(10)18)20-9-12-8-13(17)4-5-15(12)19-3/h4-8H,9,18H2,1-3H3. The lowest BCUT2D eigenvalue weighted by molar-refractivity contribution is 0.294.